The van der Waals surface area contributed by atoms with E-state index in [0.29, 0.717) is 22.4 Å². The van der Waals surface area contributed by atoms with Gasteiger partial charge < -0.3 is 9.64 Å². The number of ketones is 2. The van der Waals surface area contributed by atoms with E-state index in [9.17, 15) is 24.5 Å². The molecule has 0 bridgehead atoms. The van der Waals surface area contributed by atoms with E-state index in [1.807, 2.05) is 41.3 Å². The van der Waals surface area contributed by atoms with Crippen LogP contribution in [0.3, 0.4) is 0 Å². The second-order valence-electron chi connectivity index (χ2n) is 9.14. The SMILES string of the molecule is COC(=O)[C@@H]1[C@@H](c2ccc([N+](=O)[O-])cc2)C2(C(=O)c3ccccc3C2=O)[C@@H]2C=Cc3ccccc3N12. The predicted molar refractivity (Wildman–Crippen MR) is 131 cm³/mol. The Bertz CT molecular complexity index is 1460. The minimum Gasteiger partial charge on any atom is -0.467 e. The van der Waals surface area contributed by atoms with Gasteiger partial charge in [-0.2, -0.15) is 0 Å². The Kier molecular flexibility index (Phi) is 4.69. The molecule has 0 amide bonds. The number of esters is 1. The van der Waals surface area contributed by atoms with Gasteiger partial charge in [-0.25, -0.2) is 4.79 Å². The number of nitro groups is 1. The number of hydrogen-bond donors (Lipinski definition) is 0. The molecular formula is C28H20N2O6. The summed E-state index contributed by atoms with van der Waals surface area (Å²) in [6, 6.07) is 18.1. The largest absolute Gasteiger partial charge is 0.467 e. The molecule has 3 aromatic rings. The van der Waals surface area contributed by atoms with Gasteiger partial charge in [-0.15, -0.1) is 0 Å². The number of carbonyl (C=O) groups excluding carboxylic acids is 3. The number of Topliss-reactive ketones (excluding diaryl/α,β-unsaturated/α-hetero) is 2. The van der Waals surface area contributed by atoms with Gasteiger partial charge in [0.15, 0.2) is 11.6 Å². The lowest BCUT2D eigenvalue weighted by molar-refractivity contribution is -0.384. The van der Waals surface area contributed by atoms with Crippen LogP contribution in [0, 0.1) is 15.5 Å². The highest BCUT2D eigenvalue weighted by Crippen LogP contribution is 2.60. The van der Waals surface area contributed by atoms with Crippen molar-refractivity contribution in [2.75, 3.05) is 12.0 Å². The quantitative estimate of drug-likeness (QED) is 0.239. The number of anilines is 1. The average Bonchev–Trinajstić information content (AvgIpc) is 3.35. The van der Waals surface area contributed by atoms with Crippen LogP contribution in [0.15, 0.2) is 78.9 Å². The van der Waals surface area contributed by atoms with Crippen LogP contribution in [0.25, 0.3) is 6.08 Å². The Balaban J connectivity index is 1.66. The molecule has 3 aromatic carbocycles. The van der Waals surface area contributed by atoms with E-state index >= 15 is 0 Å². The maximum absolute atomic E-state index is 14.3. The Hall–Kier alpha value is -4.59. The van der Waals surface area contributed by atoms with Gasteiger partial charge in [0.25, 0.3) is 5.69 Å². The van der Waals surface area contributed by atoms with Gasteiger partial charge in [0.1, 0.15) is 11.5 Å². The van der Waals surface area contributed by atoms with Crippen molar-refractivity contribution in [2.24, 2.45) is 5.41 Å². The average molecular weight is 480 g/mol. The van der Waals surface area contributed by atoms with Crippen molar-refractivity contribution in [1.29, 1.82) is 0 Å². The molecule has 0 aromatic heterocycles. The lowest BCUT2D eigenvalue weighted by Gasteiger charge is -2.36. The van der Waals surface area contributed by atoms with Crippen LogP contribution in [-0.4, -0.2) is 41.7 Å². The summed E-state index contributed by atoms with van der Waals surface area (Å²) in [5, 5.41) is 11.3. The normalized spacial score (nSPS) is 22.8. The van der Waals surface area contributed by atoms with Crippen LogP contribution in [0.5, 0.6) is 0 Å². The van der Waals surface area contributed by atoms with Crippen molar-refractivity contribution in [3.8, 4) is 0 Å². The number of methoxy groups -OCH3 is 1. The number of non-ortho nitro benzene ring substituents is 1. The van der Waals surface area contributed by atoms with E-state index < -0.39 is 34.3 Å². The van der Waals surface area contributed by atoms with E-state index in [4.69, 9.17) is 4.74 Å². The first-order valence-corrected chi connectivity index (χ1v) is 11.5. The summed E-state index contributed by atoms with van der Waals surface area (Å²) in [6.07, 6.45) is 3.68. The molecule has 0 radical (unpaired) electrons. The van der Waals surface area contributed by atoms with Crippen molar-refractivity contribution >= 4 is 35.0 Å². The van der Waals surface area contributed by atoms with Gasteiger partial charge in [0, 0.05) is 34.9 Å². The topological polar surface area (TPSA) is 107 Å². The van der Waals surface area contributed by atoms with Gasteiger partial charge in [-0.05, 0) is 17.2 Å². The molecular weight excluding hydrogens is 460 g/mol. The number of benzene rings is 3. The first-order chi connectivity index (χ1) is 17.4. The van der Waals surface area contributed by atoms with Crippen LogP contribution in [0.1, 0.15) is 37.8 Å². The van der Waals surface area contributed by atoms with Gasteiger partial charge in [-0.1, -0.05) is 66.7 Å². The lowest BCUT2D eigenvalue weighted by Crippen LogP contribution is -2.48. The van der Waals surface area contributed by atoms with Crippen LogP contribution in [0.4, 0.5) is 11.4 Å². The summed E-state index contributed by atoms with van der Waals surface area (Å²) < 4.78 is 5.23. The Labute approximate surface area is 205 Å². The molecule has 1 aliphatic carbocycles. The molecule has 2 heterocycles. The number of ether oxygens (including phenoxy) is 1. The molecule has 8 heteroatoms. The highest BCUT2D eigenvalue weighted by atomic mass is 16.6. The third-order valence-electron chi connectivity index (χ3n) is 7.62. The standard InChI is InChI=1S/C28H20N2O6/c1-36-27(33)24-23(17-10-13-18(14-11-17)30(34)35)28(25(31)19-7-3-4-8-20(19)26(28)32)22-15-12-16-6-2-5-9-21(16)29(22)24/h2-15,22-24H,1H3/t22-,23+,24-/m0/s1. The Morgan fingerprint density at radius 2 is 1.56 bits per heavy atom. The number of carbonyl (C=O) groups is 3. The molecule has 3 aliphatic rings. The fraction of sp³-hybridized carbons (Fsp3) is 0.179. The van der Waals surface area contributed by atoms with Crippen LogP contribution < -0.4 is 4.90 Å². The molecule has 178 valence electrons. The second kappa shape index (κ2) is 7.71. The second-order valence-corrected chi connectivity index (χ2v) is 9.14. The molecule has 6 rings (SSSR count). The number of nitro benzene ring substituents is 1. The van der Waals surface area contributed by atoms with Crippen molar-refractivity contribution < 1.29 is 24.0 Å². The summed E-state index contributed by atoms with van der Waals surface area (Å²) in [5.41, 5.74) is 0.877. The monoisotopic (exact) mass is 480 g/mol. The fourth-order valence-corrected chi connectivity index (χ4v) is 6.19. The van der Waals surface area contributed by atoms with E-state index in [0.717, 1.165) is 5.56 Å². The molecule has 2 aliphatic heterocycles. The number of hydrogen-bond acceptors (Lipinski definition) is 7. The third kappa shape index (κ3) is 2.66. The third-order valence-corrected chi connectivity index (χ3v) is 7.62. The van der Waals surface area contributed by atoms with Gasteiger partial charge in [0.05, 0.1) is 18.1 Å². The zero-order valence-corrected chi connectivity index (χ0v) is 19.2. The van der Waals surface area contributed by atoms with Crippen molar-refractivity contribution in [3.05, 3.63) is 111 Å². The van der Waals surface area contributed by atoms with Crippen molar-refractivity contribution in [3.63, 3.8) is 0 Å². The molecule has 1 fully saturated rings. The summed E-state index contributed by atoms with van der Waals surface area (Å²) >= 11 is 0. The van der Waals surface area contributed by atoms with Gasteiger partial charge in [0.2, 0.25) is 0 Å². The summed E-state index contributed by atoms with van der Waals surface area (Å²) in [5.74, 6) is -2.27. The molecule has 1 spiro atoms. The van der Waals surface area contributed by atoms with Gasteiger partial charge in [-0.3, -0.25) is 19.7 Å². The van der Waals surface area contributed by atoms with Crippen LogP contribution >= 0.6 is 0 Å². The zero-order chi connectivity index (χ0) is 25.2. The van der Waals surface area contributed by atoms with Crippen molar-refractivity contribution in [2.45, 2.75) is 18.0 Å². The number of rotatable bonds is 3. The molecule has 0 N–H and O–H groups in total. The van der Waals surface area contributed by atoms with Crippen LogP contribution in [-0.2, 0) is 9.53 Å². The lowest BCUT2D eigenvalue weighted by atomic mass is 9.65. The maximum atomic E-state index is 14.3. The number of fused-ring (bicyclic) bond motifs is 5. The molecule has 36 heavy (non-hydrogen) atoms. The summed E-state index contributed by atoms with van der Waals surface area (Å²) in [6.45, 7) is 0. The smallest absolute Gasteiger partial charge is 0.329 e. The first-order valence-electron chi connectivity index (χ1n) is 11.5. The highest BCUT2D eigenvalue weighted by Gasteiger charge is 2.71. The van der Waals surface area contributed by atoms with E-state index in [-0.39, 0.29) is 17.3 Å². The highest BCUT2D eigenvalue weighted by molar-refractivity contribution is 6.32. The molecule has 0 saturated carbocycles. The Morgan fingerprint density at radius 3 is 2.17 bits per heavy atom. The minimum absolute atomic E-state index is 0.129. The first kappa shape index (κ1) is 21.9. The fourth-order valence-electron chi connectivity index (χ4n) is 6.19. The summed E-state index contributed by atoms with van der Waals surface area (Å²) in [7, 11) is 1.27. The number of nitrogens with zero attached hydrogens (tertiary/aromatic N) is 2. The zero-order valence-electron chi connectivity index (χ0n) is 19.2. The van der Waals surface area contributed by atoms with Crippen LogP contribution in [0.2, 0.25) is 0 Å². The molecule has 0 unspecified atom stereocenters. The minimum atomic E-state index is -1.65. The van der Waals surface area contributed by atoms with Crippen molar-refractivity contribution in [1.82, 2.24) is 0 Å². The number of para-hydroxylation sites is 1. The van der Waals surface area contributed by atoms with E-state index in [1.54, 1.807) is 24.3 Å². The molecule has 1 saturated heterocycles. The maximum Gasteiger partial charge on any atom is 0.329 e. The predicted octanol–water partition coefficient (Wildman–Crippen LogP) is 4.20. The summed E-state index contributed by atoms with van der Waals surface area (Å²) in [4.78, 5) is 54.6. The van der Waals surface area contributed by atoms with Gasteiger partial charge >= 0.3 is 5.97 Å². The van der Waals surface area contributed by atoms with E-state index in [2.05, 4.69) is 0 Å². The van der Waals surface area contributed by atoms with E-state index in [1.165, 1.54) is 31.4 Å². The Morgan fingerprint density at radius 1 is 0.944 bits per heavy atom. The molecule has 8 nitrogen and oxygen atoms in total. The molecule has 3 atom stereocenters.